The van der Waals surface area contributed by atoms with Crippen molar-refractivity contribution in [2.45, 2.75) is 32.6 Å². The first-order valence-corrected chi connectivity index (χ1v) is 4.98. The van der Waals surface area contributed by atoms with Crippen LogP contribution in [-0.4, -0.2) is 11.1 Å². The molecule has 2 fully saturated rings. The van der Waals surface area contributed by atoms with Crippen molar-refractivity contribution in [1.29, 1.82) is 0 Å². The second kappa shape index (κ2) is 2.75. The van der Waals surface area contributed by atoms with E-state index in [0.717, 1.165) is 5.92 Å². The summed E-state index contributed by atoms with van der Waals surface area (Å²) in [4.78, 5) is 10.7. The number of hydrogen-bond acceptors (Lipinski definition) is 1. The number of carboxylic acid groups (broad SMARTS) is 1. The van der Waals surface area contributed by atoms with Gasteiger partial charge in [0.1, 0.15) is 0 Å². The summed E-state index contributed by atoms with van der Waals surface area (Å²) in [5.74, 6) is 1.34. The van der Waals surface area contributed by atoms with Crippen molar-refractivity contribution in [3.63, 3.8) is 0 Å². The van der Waals surface area contributed by atoms with Gasteiger partial charge in [-0.25, -0.2) is 0 Å². The van der Waals surface area contributed by atoms with E-state index in [-0.39, 0.29) is 5.92 Å². The highest BCUT2D eigenvalue weighted by Crippen LogP contribution is 2.61. The molecule has 0 spiro atoms. The molecule has 2 aliphatic carbocycles. The van der Waals surface area contributed by atoms with E-state index in [0.29, 0.717) is 11.8 Å². The standard InChI is InChI=1S/C10H16O2/c1-2-3-6-4-5-7-8(6)9(7)10(11)12/h6-9H,2-5H2,1H3,(H,11,12). The summed E-state index contributed by atoms with van der Waals surface area (Å²) in [6, 6.07) is 0. The summed E-state index contributed by atoms with van der Waals surface area (Å²) < 4.78 is 0. The van der Waals surface area contributed by atoms with Crippen molar-refractivity contribution in [1.82, 2.24) is 0 Å². The summed E-state index contributed by atoms with van der Waals surface area (Å²) in [6.07, 6.45) is 4.91. The van der Waals surface area contributed by atoms with E-state index in [1.807, 2.05) is 0 Å². The Bertz CT molecular complexity index is 200. The van der Waals surface area contributed by atoms with Crippen LogP contribution in [0.4, 0.5) is 0 Å². The van der Waals surface area contributed by atoms with Gasteiger partial charge in [-0.1, -0.05) is 19.8 Å². The number of hydrogen-bond donors (Lipinski definition) is 1. The summed E-state index contributed by atoms with van der Waals surface area (Å²) in [6.45, 7) is 2.19. The maximum atomic E-state index is 10.7. The molecule has 0 aromatic heterocycles. The molecule has 2 aliphatic rings. The van der Waals surface area contributed by atoms with Gasteiger partial charge in [0.2, 0.25) is 0 Å². The van der Waals surface area contributed by atoms with E-state index in [1.54, 1.807) is 0 Å². The molecule has 2 saturated carbocycles. The zero-order valence-corrected chi connectivity index (χ0v) is 7.49. The van der Waals surface area contributed by atoms with Gasteiger partial charge in [0.05, 0.1) is 5.92 Å². The van der Waals surface area contributed by atoms with Crippen molar-refractivity contribution in [3.05, 3.63) is 0 Å². The smallest absolute Gasteiger partial charge is 0.307 e. The van der Waals surface area contributed by atoms with Crippen LogP contribution in [0.5, 0.6) is 0 Å². The molecule has 2 rings (SSSR count). The molecule has 4 atom stereocenters. The number of fused-ring (bicyclic) bond motifs is 1. The van der Waals surface area contributed by atoms with Crippen LogP contribution in [0, 0.1) is 23.7 Å². The lowest BCUT2D eigenvalue weighted by atomic mass is 9.95. The Kier molecular flexibility index (Phi) is 1.85. The second-order valence-corrected chi connectivity index (χ2v) is 4.23. The lowest BCUT2D eigenvalue weighted by Crippen LogP contribution is -2.08. The third kappa shape index (κ3) is 1.05. The lowest BCUT2D eigenvalue weighted by Gasteiger charge is -2.10. The molecule has 1 N–H and O–H groups in total. The van der Waals surface area contributed by atoms with E-state index in [1.165, 1.54) is 25.7 Å². The fourth-order valence-electron chi connectivity index (χ4n) is 3.07. The van der Waals surface area contributed by atoms with Gasteiger partial charge in [0.25, 0.3) is 0 Å². The highest BCUT2D eigenvalue weighted by Gasteiger charge is 2.60. The maximum absolute atomic E-state index is 10.7. The topological polar surface area (TPSA) is 37.3 Å². The van der Waals surface area contributed by atoms with E-state index in [4.69, 9.17) is 5.11 Å². The summed E-state index contributed by atoms with van der Waals surface area (Å²) >= 11 is 0. The molecular weight excluding hydrogens is 152 g/mol. The SMILES string of the molecule is CCCC1CCC2C(C(=O)O)C12. The van der Waals surface area contributed by atoms with Gasteiger partial charge in [-0.3, -0.25) is 4.79 Å². The van der Waals surface area contributed by atoms with Crippen LogP contribution in [-0.2, 0) is 4.79 Å². The monoisotopic (exact) mass is 168 g/mol. The molecule has 0 heterocycles. The van der Waals surface area contributed by atoms with Gasteiger partial charge >= 0.3 is 5.97 Å². The first kappa shape index (κ1) is 8.09. The fraction of sp³-hybridized carbons (Fsp3) is 0.900. The van der Waals surface area contributed by atoms with Crippen molar-refractivity contribution in [3.8, 4) is 0 Å². The minimum absolute atomic E-state index is 0.0373. The molecule has 0 saturated heterocycles. The van der Waals surface area contributed by atoms with Gasteiger partial charge in [-0.05, 0) is 30.6 Å². The lowest BCUT2D eigenvalue weighted by molar-refractivity contribution is -0.139. The molecule has 4 unspecified atom stereocenters. The van der Waals surface area contributed by atoms with Crippen LogP contribution < -0.4 is 0 Å². The van der Waals surface area contributed by atoms with Gasteiger partial charge in [0, 0.05) is 0 Å². The largest absolute Gasteiger partial charge is 0.481 e. The molecule has 0 radical (unpaired) electrons. The molecule has 0 bridgehead atoms. The average Bonchev–Trinajstić information content (AvgIpc) is 2.62. The normalized spacial score (nSPS) is 44.1. The van der Waals surface area contributed by atoms with E-state index < -0.39 is 5.97 Å². The molecule has 0 amide bonds. The molecular formula is C10H16O2. The van der Waals surface area contributed by atoms with Crippen LogP contribution in [0.25, 0.3) is 0 Å². The van der Waals surface area contributed by atoms with Crippen molar-refractivity contribution >= 4 is 5.97 Å². The minimum Gasteiger partial charge on any atom is -0.481 e. The summed E-state index contributed by atoms with van der Waals surface area (Å²) in [5.41, 5.74) is 0. The van der Waals surface area contributed by atoms with Crippen LogP contribution >= 0.6 is 0 Å². The zero-order valence-electron chi connectivity index (χ0n) is 7.49. The van der Waals surface area contributed by atoms with Gasteiger partial charge in [0.15, 0.2) is 0 Å². The first-order valence-electron chi connectivity index (χ1n) is 4.98. The van der Waals surface area contributed by atoms with Crippen LogP contribution in [0.2, 0.25) is 0 Å². The molecule has 0 aliphatic heterocycles. The number of aliphatic carboxylic acids is 1. The highest BCUT2D eigenvalue weighted by molar-refractivity contribution is 5.74. The predicted octanol–water partition coefficient (Wildman–Crippen LogP) is 2.14. The molecule has 2 heteroatoms. The Morgan fingerprint density at radius 2 is 2.25 bits per heavy atom. The quantitative estimate of drug-likeness (QED) is 0.701. The Hall–Kier alpha value is -0.530. The van der Waals surface area contributed by atoms with Crippen LogP contribution in [0.1, 0.15) is 32.6 Å². The Morgan fingerprint density at radius 1 is 1.50 bits per heavy atom. The second-order valence-electron chi connectivity index (χ2n) is 4.23. The van der Waals surface area contributed by atoms with Gasteiger partial charge in [-0.15, -0.1) is 0 Å². The number of rotatable bonds is 3. The first-order chi connectivity index (χ1) is 5.75. The van der Waals surface area contributed by atoms with Crippen LogP contribution in [0.3, 0.4) is 0 Å². The maximum Gasteiger partial charge on any atom is 0.307 e. The molecule has 2 nitrogen and oxygen atoms in total. The van der Waals surface area contributed by atoms with E-state index in [9.17, 15) is 4.79 Å². The summed E-state index contributed by atoms with van der Waals surface area (Å²) in [5, 5.41) is 8.85. The highest BCUT2D eigenvalue weighted by atomic mass is 16.4. The van der Waals surface area contributed by atoms with Crippen molar-refractivity contribution in [2.24, 2.45) is 23.7 Å². The Labute approximate surface area is 73.0 Å². The molecule has 12 heavy (non-hydrogen) atoms. The van der Waals surface area contributed by atoms with Gasteiger partial charge < -0.3 is 5.11 Å². The van der Waals surface area contributed by atoms with Crippen molar-refractivity contribution in [2.75, 3.05) is 0 Å². The number of carboxylic acids is 1. The molecule has 68 valence electrons. The minimum atomic E-state index is -0.550. The van der Waals surface area contributed by atoms with Gasteiger partial charge in [-0.2, -0.15) is 0 Å². The molecule has 0 aromatic rings. The predicted molar refractivity (Wildman–Crippen MR) is 45.7 cm³/mol. The Morgan fingerprint density at radius 3 is 2.75 bits per heavy atom. The third-order valence-electron chi connectivity index (χ3n) is 3.59. The Balaban J connectivity index is 1.93. The third-order valence-corrected chi connectivity index (χ3v) is 3.59. The average molecular weight is 168 g/mol. The van der Waals surface area contributed by atoms with E-state index >= 15 is 0 Å². The fourth-order valence-corrected chi connectivity index (χ4v) is 3.07. The summed E-state index contributed by atoms with van der Waals surface area (Å²) in [7, 11) is 0. The van der Waals surface area contributed by atoms with Crippen molar-refractivity contribution < 1.29 is 9.90 Å². The zero-order chi connectivity index (χ0) is 8.72. The molecule has 0 aromatic carbocycles. The number of carbonyl (C=O) groups is 1. The van der Waals surface area contributed by atoms with E-state index in [2.05, 4.69) is 6.92 Å². The van der Waals surface area contributed by atoms with Crippen LogP contribution in [0.15, 0.2) is 0 Å².